The number of aryl methyl sites for hydroxylation is 1. The maximum atomic E-state index is 14.9. The molecule has 1 fully saturated rings. The Labute approximate surface area is 187 Å². The summed E-state index contributed by atoms with van der Waals surface area (Å²) < 4.78 is 30.8. The van der Waals surface area contributed by atoms with Crippen LogP contribution in [0.5, 0.6) is 0 Å². The van der Waals surface area contributed by atoms with Crippen LogP contribution in [0.1, 0.15) is 57.7 Å². The van der Waals surface area contributed by atoms with E-state index < -0.39 is 5.82 Å². The van der Waals surface area contributed by atoms with Gasteiger partial charge in [-0.3, -0.25) is 5.10 Å². The van der Waals surface area contributed by atoms with E-state index in [9.17, 15) is 8.78 Å². The van der Waals surface area contributed by atoms with Crippen LogP contribution in [0.4, 0.5) is 20.3 Å². The average molecular weight is 443 g/mol. The molecule has 1 saturated heterocycles. The molecule has 32 heavy (non-hydrogen) atoms. The summed E-state index contributed by atoms with van der Waals surface area (Å²) in [6.07, 6.45) is 5.43. The first-order chi connectivity index (χ1) is 15.6. The van der Waals surface area contributed by atoms with Crippen LogP contribution in [0.2, 0.25) is 0 Å². The largest absolute Gasteiger partial charge is 0.337 e. The van der Waals surface area contributed by atoms with Crippen LogP contribution >= 0.6 is 0 Å². The fourth-order valence-corrected chi connectivity index (χ4v) is 3.99. The highest BCUT2D eigenvalue weighted by Gasteiger charge is 2.20. The van der Waals surface area contributed by atoms with Crippen LogP contribution in [-0.2, 0) is 0 Å². The van der Waals surface area contributed by atoms with Crippen LogP contribution in [0.15, 0.2) is 30.6 Å². The van der Waals surface area contributed by atoms with Crippen molar-refractivity contribution in [3.05, 3.63) is 53.5 Å². The molecule has 0 amide bonds. The topological polar surface area (TPSA) is 70.0 Å². The molecule has 0 saturated carbocycles. The van der Waals surface area contributed by atoms with E-state index in [4.69, 9.17) is 0 Å². The molecule has 0 aliphatic carbocycles. The minimum Gasteiger partial charge on any atom is -0.337 e. The third kappa shape index (κ3) is 4.75. The molecule has 3 N–H and O–H groups in total. The number of piperidine rings is 1. The Balaban J connectivity index is 0.000000686. The number of pyridine rings is 1. The van der Waals surface area contributed by atoms with Crippen molar-refractivity contribution in [2.45, 2.75) is 53.4 Å². The minimum absolute atomic E-state index is 0.257. The summed E-state index contributed by atoms with van der Waals surface area (Å²) in [5, 5.41) is 13.8. The van der Waals surface area contributed by atoms with Gasteiger partial charge in [-0.2, -0.15) is 5.10 Å². The Kier molecular flexibility index (Phi) is 7.80. The van der Waals surface area contributed by atoms with Gasteiger partial charge in [0.1, 0.15) is 5.82 Å². The van der Waals surface area contributed by atoms with Gasteiger partial charge in [-0.15, -0.1) is 0 Å². The Bertz CT molecular complexity index is 1170. The number of anilines is 2. The van der Waals surface area contributed by atoms with E-state index in [1.165, 1.54) is 6.07 Å². The van der Waals surface area contributed by atoms with Crippen LogP contribution < -0.4 is 10.6 Å². The Morgan fingerprint density at radius 2 is 1.72 bits per heavy atom. The first kappa shape index (κ1) is 23.7. The van der Waals surface area contributed by atoms with Gasteiger partial charge >= 0.3 is 0 Å². The highest BCUT2D eigenvalue weighted by atomic mass is 19.1. The van der Waals surface area contributed by atoms with Crippen molar-refractivity contribution < 1.29 is 8.78 Å². The van der Waals surface area contributed by atoms with Crippen molar-refractivity contribution in [2.24, 2.45) is 0 Å². The molecule has 0 spiro atoms. The molecule has 8 heteroatoms. The van der Waals surface area contributed by atoms with Crippen molar-refractivity contribution in [1.29, 1.82) is 0 Å². The first-order valence-electron chi connectivity index (χ1n) is 11.4. The van der Waals surface area contributed by atoms with Crippen molar-refractivity contribution in [1.82, 2.24) is 24.9 Å². The van der Waals surface area contributed by atoms with Crippen LogP contribution in [0.3, 0.4) is 0 Å². The number of aromatic amines is 1. The third-order valence-corrected chi connectivity index (χ3v) is 5.34. The quantitative estimate of drug-likeness (QED) is 0.361. The maximum absolute atomic E-state index is 14.9. The summed E-state index contributed by atoms with van der Waals surface area (Å²) in [6.45, 7) is 11.7. The second kappa shape index (κ2) is 10.5. The number of hydrogen-bond donors (Lipinski definition) is 3. The van der Waals surface area contributed by atoms with Gasteiger partial charge in [-0.05, 0) is 56.5 Å². The van der Waals surface area contributed by atoms with E-state index in [0.29, 0.717) is 28.3 Å². The smallest absolute Gasteiger partial charge is 0.173 e. The van der Waals surface area contributed by atoms with Gasteiger partial charge < -0.3 is 15.0 Å². The molecule has 4 aromatic rings. The zero-order valence-electron chi connectivity index (χ0n) is 19.4. The summed E-state index contributed by atoms with van der Waals surface area (Å²) in [5.74, 6) is -0.102. The molecule has 0 unspecified atom stereocenters. The van der Waals surface area contributed by atoms with Gasteiger partial charge in [0.2, 0.25) is 0 Å². The van der Waals surface area contributed by atoms with E-state index in [-0.39, 0.29) is 11.5 Å². The highest BCUT2D eigenvalue weighted by Crippen LogP contribution is 2.33. The van der Waals surface area contributed by atoms with Gasteiger partial charge in [0, 0.05) is 18.5 Å². The van der Waals surface area contributed by atoms with Crippen LogP contribution in [0.25, 0.3) is 16.6 Å². The zero-order chi connectivity index (χ0) is 23.3. The number of benzene rings is 1. The Hall–Kier alpha value is -3.00. The van der Waals surface area contributed by atoms with Crippen molar-refractivity contribution in [3.8, 4) is 0 Å². The molecule has 1 aliphatic heterocycles. The van der Waals surface area contributed by atoms with E-state index in [0.717, 1.165) is 37.2 Å². The number of hydrogen-bond acceptors (Lipinski definition) is 4. The van der Waals surface area contributed by atoms with Gasteiger partial charge in [-0.25, -0.2) is 13.8 Å². The SMILES string of the molecule is CC.CC.Cc1cn2cc(Nc3n[nH]c4cc(C5CCNCC5)cc(F)c34)cc(F)c2n1. The van der Waals surface area contributed by atoms with Crippen molar-refractivity contribution >= 4 is 28.1 Å². The molecule has 4 heterocycles. The molecule has 5 rings (SSSR count). The average Bonchev–Trinajstić information content (AvgIpc) is 3.40. The van der Waals surface area contributed by atoms with Gasteiger partial charge in [0.25, 0.3) is 0 Å². The number of rotatable bonds is 3. The van der Waals surface area contributed by atoms with Crippen molar-refractivity contribution in [2.75, 3.05) is 18.4 Å². The third-order valence-electron chi connectivity index (χ3n) is 5.34. The van der Waals surface area contributed by atoms with E-state index in [2.05, 4.69) is 25.8 Å². The van der Waals surface area contributed by atoms with Crippen LogP contribution in [0, 0.1) is 18.6 Å². The number of fused-ring (bicyclic) bond motifs is 2. The number of imidazole rings is 1. The van der Waals surface area contributed by atoms with Gasteiger partial charge in [0.15, 0.2) is 17.3 Å². The number of nitrogens with zero attached hydrogens (tertiary/aromatic N) is 3. The highest BCUT2D eigenvalue weighted by molar-refractivity contribution is 5.92. The predicted octanol–water partition coefficient (Wildman–Crippen LogP) is 6.06. The molecule has 1 aromatic carbocycles. The summed E-state index contributed by atoms with van der Waals surface area (Å²) in [5.41, 5.74) is 3.07. The normalized spacial score (nSPS) is 14.0. The lowest BCUT2D eigenvalue weighted by molar-refractivity contribution is 0.459. The molecule has 0 bridgehead atoms. The number of aromatic nitrogens is 4. The predicted molar refractivity (Wildman–Crippen MR) is 127 cm³/mol. The summed E-state index contributed by atoms with van der Waals surface area (Å²) in [4.78, 5) is 4.14. The fraction of sp³-hybridized carbons (Fsp3) is 0.417. The molecule has 172 valence electrons. The minimum atomic E-state index is -0.452. The lowest BCUT2D eigenvalue weighted by Gasteiger charge is -2.23. The molecule has 0 atom stereocenters. The van der Waals surface area contributed by atoms with Gasteiger partial charge in [-0.1, -0.05) is 27.7 Å². The van der Waals surface area contributed by atoms with Gasteiger partial charge in [0.05, 0.1) is 22.3 Å². The summed E-state index contributed by atoms with van der Waals surface area (Å²) in [6, 6.07) is 4.90. The second-order valence-electron chi connectivity index (χ2n) is 7.34. The second-order valence-corrected chi connectivity index (χ2v) is 7.34. The van der Waals surface area contributed by atoms with Crippen LogP contribution in [-0.4, -0.2) is 32.7 Å². The lowest BCUT2D eigenvalue weighted by atomic mass is 9.89. The molecule has 6 nitrogen and oxygen atoms in total. The monoisotopic (exact) mass is 442 g/mol. The number of H-pyrrole nitrogens is 1. The first-order valence-corrected chi connectivity index (χ1v) is 11.4. The van der Waals surface area contributed by atoms with Crippen molar-refractivity contribution in [3.63, 3.8) is 0 Å². The zero-order valence-corrected chi connectivity index (χ0v) is 19.4. The summed E-state index contributed by atoms with van der Waals surface area (Å²) in [7, 11) is 0. The van der Waals surface area contributed by atoms with E-state index in [1.54, 1.807) is 29.8 Å². The Morgan fingerprint density at radius 1 is 1.00 bits per heavy atom. The Morgan fingerprint density at radius 3 is 2.44 bits per heavy atom. The summed E-state index contributed by atoms with van der Waals surface area (Å²) >= 11 is 0. The molecule has 1 aliphatic rings. The standard InChI is InChI=1S/C20H20F2N6.2C2H6/c1-11-9-28-10-14(8-16(22)20(28)24-11)25-19-18-15(21)6-13(7-17(18)26-27-19)12-2-4-23-5-3-12;2*1-2/h6-10,12,23H,2-5H2,1H3,(H2,25,26,27);2*1-2H3. The number of nitrogens with one attached hydrogen (secondary N) is 3. The molecule has 3 aromatic heterocycles. The maximum Gasteiger partial charge on any atom is 0.173 e. The fourth-order valence-electron chi connectivity index (χ4n) is 3.99. The molecule has 0 radical (unpaired) electrons. The van der Waals surface area contributed by atoms with E-state index in [1.807, 2.05) is 33.8 Å². The molecular formula is C24H32F2N6. The number of halogens is 2. The van der Waals surface area contributed by atoms with E-state index >= 15 is 0 Å². The molecular weight excluding hydrogens is 410 g/mol. The lowest BCUT2D eigenvalue weighted by Crippen LogP contribution is -2.26.